The van der Waals surface area contributed by atoms with Crippen molar-refractivity contribution in [1.29, 1.82) is 0 Å². The van der Waals surface area contributed by atoms with Crippen LogP contribution in [0.2, 0.25) is 0 Å². The topological polar surface area (TPSA) is 76.4 Å². The van der Waals surface area contributed by atoms with Gasteiger partial charge in [-0.2, -0.15) is 0 Å². The number of hydrogen-bond donors (Lipinski definition) is 2. The minimum Gasteiger partial charge on any atom is -0.492 e. The van der Waals surface area contributed by atoms with Crippen LogP contribution in [0.15, 0.2) is 39.5 Å². The predicted octanol–water partition coefficient (Wildman–Crippen LogP) is 2.32. The molecule has 3 unspecified atom stereocenters. The number of aromatic nitrogens is 1. The smallest absolute Gasteiger partial charge is 0.273 e. The lowest BCUT2D eigenvalue weighted by Crippen LogP contribution is -2.36. The lowest BCUT2D eigenvalue weighted by molar-refractivity contribution is 0.0937. The van der Waals surface area contributed by atoms with E-state index in [4.69, 9.17) is 9.15 Å². The Morgan fingerprint density at radius 3 is 2.96 bits per heavy atom. The molecule has 7 heteroatoms. The molecule has 1 aromatic heterocycles. The zero-order chi connectivity index (χ0) is 16.5. The number of carbonyl (C=O) groups is 1. The highest BCUT2D eigenvalue weighted by molar-refractivity contribution is 9.10. The van der Waals surface area contributed by atoms with E-state index in [1.54, 1.807) is 0 Å². The molecule has 126 valence electrons. The molecule has 1 aliphatic carbocycles. The third kappa shape index (κ3) is 2.93. The van der Waals surface area contributed by atoms with Gasteiger partial charge >= 0.3 is 0 Å². The Hall–Kier alpha value is -1.86. The maximum absolute atomic E-state index is 12.3. The molecule has 2 bridgehead atoms. The molecule has 2 aromatic rings. The summed E-state index contributed by atoms with van der Waals surface area (Å²) in [5.74, 6) is 2.13. The number of oxazole rings is 1. The van der Waals surface area contributed by atoms with Crippen LogP contribution in [0, 0.1) is 5.92 Å². The van der Waals surface area contributed by atoms with Gasteiger partial charge in [-0.15, -0.1) is 0 Å². The van der Waals surface area contributed by atoms with E-state index >= 15 is 0 Å². The van der Waals surface area contributed by atoms with Crippen molar-refractivity contribution in [1.82, 2.24) is 15.6 Å². The molecular formula is C17H18BrN3O3. The van der Waals surface area contributed by atoms with Gasteiger partial charge < -0.3 is 19.8 Å². The number of hydrogen-bond acceptors (Lipinski definition) is 5. The molecule has 2 saturated heterocycles. The lowest BCUT2D eigenvalue weighted by Gasteiger charge is -2.32. The summed E-state index contributed by atoms with van der Waals surface area (Å²) in [6.07, 6.45) is 2.52. The molecule has 3 atom stereocenters. The number of benzene rings is 1. The van der Waals surface area contributed by atoms with Crippen molar-refractivity contribution in [3.8, 4) is 5.75 Å². The molecule has 2 aliphatic heterocycles. The third-order valence-electron chi connectivity index (χ3n) is 4.72. The van der Waals surface area contributed by atoms with Gasteiger partial charge in [0.1, 0.15) is 18.1 Å². The second-order valence-electron chi connectivity index (χ2n) is 6.16. The average molecular weight is 392 g/mol. The number of carbonyl (C=O) groups excluding carboxylic acids is 1. The quantitative estimate of drug-likeness (QED) is 0.738. The van der Waals surface area contributed by atoms with Crippen LogP contribution in [-0.4, -0.2) is 36.6 Å². The number of halogens is 1. The van der Waals surface area contributed by atoms with Crippen molar-refractivity contribution in [2.75, 3.05) is 19.7 Å². The standard InChI is InChI=1S/C17H18BrN3O3/c18-11-1-3-12(4-2-11)23-6-5-19-17(22)15-16(24-9-21-15)14-10-7-13(14)20-8-10/h1-4,9-10,13-14,20H,5-8H2,(H,19,22). The zero-order valence-corrected chi connectivity index (χ0v) is 14.6. The van der Waals surface area contributed by atoms with Gasteiger partial charge in [-0.1, -0.05) is 15.9 Å². The first-order chi connectivity index (χ1) is 11.7. The van der Waals surface area contributed by atoms with Crippen LogP contribution in [0.3, 0.4) is 0 Å². The fourth-order valence-electron chi connectivity index (χ4n) is 3.48. The summed E-state index contributed by atoms with van der Waals surface area (Å²) >= 11 is 3.38. The Bertz CT molecular complexity index is 717. The molecular weight excluding hydrogens is 374 g/mol. The lowest BCUT2D eigenvalue weighted by atomic mass is 9.72. The first-order valence-electron chi connectivity index (χ1n) is 8.05. The Balaban J connectivity index is 1.29. The van der Waals surface area contributed by atoms with Crippen molar-refractivity contribution in [2.45, 2.75) is 18.4 Å². The Kier molecular flexibility index (Phi) is 4.28. The van der Waals surface area contributed by atoms with Gasteiger partial charge in [0.05, 0.1) is 6.54 Å². The number of nitrogens with one attached hydrogen (secondary N) is 2. The molecule has 1 aromatic carbocycles. The third-order valence-corrected chi connectivity index (χ3v) is 5.25. The van der Waals surface area contributed by atoms with E-state index < -0.39 is 0 Å². The van der Waals surface area contributed by atoms with Crippen LogP contribution in [0.5, 0.6) is 5.75 Å². The number of ether oxygens (including phenoxy) is 1. The number of nitrogens with zero attached hydrogens (tertiary/aromatic N) is 1. The summed E-state index contributed by atoms with van der Waals surface area (Å²) in [7, 11) is 0. The van der Waals surface area contributed by atoms with Crippen LogP contribution in [0.4, 0.5) is 0 Å². The summed E-state index contributed by atoms with van der Waals surface area (Å²) in [5.41, 5.74) is 0.405. The molecule has 2 N–H and O–H groups in total. The molecule has 5 rings (SSSR count). The van der Waals surface area contributed by atoms with Crippen molar-refractivity contribution in [3.63, 3.8) is 0 Å². The Morgan fingerprint density at radius 2 is 2.25 bits per heavy atom. The van der Waals surface area contributed by atoms with E-state index in [1.807, 2.05) is 24.3 Å². The van der Waals surface area contributed by atoms with Crippen molar-refractivity contribution >= 4 is 21.8 Å². The highest BCUT2D eigenvalue weighted by atomic mass is 79.9. The van der Waals surface area contributed by atoms with E-state index in [2.05, 4.69) is 31.5 Å². The molecule has 0 spiro atoms. The van der Waals surface area contributed by atoms with Crippen LogP contribution >= 0.6 is 15.9 Å². The van der Waals surface area contributed by atoms with Gasteiger partial charge in [0.15, 0.2) is 12.1 Å². The second-order valence-corrected chi connectivity index (χ2v) is 7.08. The second kappa shape index (κ2) is 6.57. The highest BCUT2D eigenvalue weighted by Crippen LogP contribution is 2.47. The van der Waals surface area contributed by atoms with Gasteiger partial charge in [0.2, 0.25) is 0 Å². The van der Waals surface area contributed by atoms with Crippen LogP contribution in [0.25, 0.3) is 0 Å². The van der Waals surface area contributed by atoms with Crippen LogP contribution in [-0.2, 0) is 0 Å². The molecule has 3 fully saturated rings. The van der Waals surface area contributed by atoms with Gasteiger partial charge in [0, 0.05) is 16.4 Å². The minimum absolute atomic E-state index is 0.204. The van der Waals surface area contributed by atoms with E-state index in [0.717, 1.165) is 23.2 Å². The average Bonchev–Trinajstić information content (AvgIpc) is 3.29. The number of rotatable bonds is 6. The van der Waals surface area contributed by atoms with E-state index in [9.17, 15) is 4.79 Å². The first-order valence-corrected chi connectivity index (χ1v) is 8.85. The van der Waals surface area contributed by atoms with E-state index in [1.165, 1.54) is 6.39 Å². The first kappa shape index (κ1) is 15.7. The van der Waals surface area contributed by atoms with Crippen molar-refractivity contribution in [3.05, 3.63) is 46.6 Å². The summed E-state index contributed by atoms with van der Waals surface area (Å²) in [6.45, 7) is 1.81. The summed E-state index contributed by atoms with van der Waals surface area (Å²) in [5, 5.41) is 6.27. The van der Waals surface area contributed by atoms with Gasteiger partial charge in [-0.05, 0) is 43.1 Å². The molecule has 0 radical (unpaired) electrons. The maximum atomic E-state index is 12.3. The highest BCUT2D eigenvalue weighted by Gasteiger charge is 2.50. The van der Waals surface area contributed by atoms with Gasteiger partial charge in [-0.25, -0.2) is 4.98 Å². The van der Waals surface area contributed by atoms with E-state index in [0.29, 0.717) is 36.6 Å². The van der Waals surface area contributed by atoms with Crippen LogP contribution in [0.1, 0.15) is 28.6 Å². The van der Waals surface area contributed by atoms with Gasteiger partial charge in [0.25, 0.3) is 5.91 Å². The zero-order valence-electron chi connectivity index (χ0n) is 13.0. The summed E-state index contributed by atoms with van der Waals surface area (Å²) in [4.78, 5) is 16.5. The number of fused-ring (bicyclic) bond motifs is 1. The molecule has 1 saturated carbocycles. The van der Waals surface area contributed by atoms with E-state index in [-0.39, 0.29) is 11.8 Å². The minimum atomic E-state index is -0.204. The van der Waals surface area contributed by atoms with Crippen molar-refractivity contribution in [2.24, 2.45) is 5.92 Å². The SMILES string of the molecule is O=C(NCCOc1ccc(Br)cc1)c1ncoc1C1C2CNC1C2. The summed E-state index contributed by atoms with van der Waals surface area (Å²) < 4.78 is 12.1. The maximum Gasteiger partial charge on any atom is 0.273 e. The molecule has 3 aliphatic rings. The molecule has 6 nitrogen and oxygen atoms in total. The monoisotopic (exact) mass is 391 g/mol. The van der Waals surface area contributed by atoms with Gasteiger partial charge in [-0.3, -0.25) is 4.79 Å². The molecule has 3 heterocycles. The van der Waals surface area contributed by atoms with Crippen molar-refractivity contribution < 1.29 is 13.9 Å². The summed E-state index contributed by atoms with van der Waals surface area (Å²) in [6, 6.07) is 8.00. The fraction of sp³-hybridized carbons (Fsp3) is 0.412. The predicted molar refractivity (Wildman–Crippen MR) is 91.1 cm³/mol. The Morgan fingerprint density at radius 1 is 1.42 bits per heavy atom. The molecule has 1 amide bonds. The molecule has 24 heavy (non-hydrogen) atoms. The number of amides is 1. The fourth-order valence-corrected chi connectivity index (χ4v) is 3.75. The largest absolute Gasteiger partial charge is 0.492 e. The van der Waals surface area contributed by atoms with Crippen LogP contribution < -0.4 is 15.4 Å². The normalized spacial score (nSPS) is 24.5. The Labute approximate surface area is 148 Å².